The Bertz CT molecular complexity index is 1270. The van der Waals surface area contributed by atoms with Crippen LogP contribution >= 0.6 is 0 Å². The lowest BCUT2D eigenvalue weighted by molar-refractivity contribution is -0.159. The van der Waals surface area contributed by atoms with Crippen molar-refractivity contribution in [3.05, 3.63) is 22.6 Å². The van der Waals surface area contributed by atoms with Crippen LogP contribution in [0.3, 0.4) is 0 Å². The summed E-state index contributed by atoms with van der Waals surface area (Å²) in [5.74, 6) is -0.771. The second kappa shape index (κ2) is 8.72. The van der Waals surface area contributed by atoms with E-state index in [-0.39, 0.29) is 23.9 Å². The summed E-state index contributed by atoms with van der Waals surface area (Å²) in [7, 11) is 0. The summed E-state index contributed by atoms with van der Waals surface area (Å²) in [5, 5.41) is 17.0. The molecule has 1 saturated heterocycles. The van der Waals surface area contributed by atoms with E-state index in [9.17, 15) is 24.3 Å². The van der Waals surface area contributed by atoms with Crippen molar-refractivity contribution in [2.45, 2.75) is 38.7 Å². The second-order valence-corrected chi connectivity index (χ2v) is 7.73. The van der Waals surface area contributed by atoms with E-state index < -0.39 is 48.3 Å². The number of nitrogens with zero attached hydrogens (tertiary/aromatic N) is 3. The lowest BCUT2D eigenvalue weighted by Gasteiger charge is -2.30. The predicted octanol–water partition coefficient (Wildman–Crippen LogP) is 0.762. The maximum Gasteiger partial charge on any atom is 0.414 e. The second-order valence-electron chi connectivity index (χ2n) is 7.73. The zero-order chi connectivity index (χ0) is 24.6. The highest BCUT2D eigenvalue weighted by Gasteiger charge is 2.51. The molecule has 0 aliphatic carbocycles. The molecule has 180 valence electrons. The van der Waals surface area contributed by atoms with Crippen LogP contribution in [-0.4, -0.2) is 64.1 Å². The van der Waals surface area contributed by atoms with Crippen LogP contribution in [-0.2, 0) is 28.5 Å². The largest absolute Gasteiger partial charge is 0.457 e. The topological polar surface area (TPSA) is 180 Å². The van der Waals surface area contributed by atoms with Crippen LogP contribution < -0.4 is 16.2 Å². The number of nitrogens with one attached hydrogen (secondary N) is 2. The van der Waals surface area contributed by atoms with E-state index in [0.717, 1.165) is 13.0 Å². The molecule has 0 radical (unpaired) electrons. The average Bonchev–Trinajstić information content (AvgIpc) is 3.20. The molecule has 3 unspecified atom stereocenters. The third kappa shape index (κ3) is 4.27. The first-order chi connectivity index (χ1) is 16.1. The van der Waals surface area contributed by atoms with Crippen molar-refractivity contribution in [2.24, 2.45) is 4.99 Å². The third-order valence-electron chi connectivity index (χ3n) is 5.22. The van der Waals surface area contributed by atoms with Crippen molar-refractivity contribution in [1.82, 2.24) is 9.55 Å². The SMILES string of the molecule is CC(=O)OCOC(=O)Nc1cc(=O)nc2c3c(n(C4OCC(OC(C)=O)C4(C)O)cc13)N=CN2. The number of anilines is 2. The van der Waals surface area contributed by atoms with Gasteiger partial charge in [0.25, 0.3) is 5.56 Å². The molecule has 0 aromatic carbocycles. The van der Waals surface area contributed by atoms with E-state index in [1.165, 1.54) is 30.9 Å². The van der Waals surface area contributed by atoms with Gasteiger partial charge in [-0.05, 0) is 6.92 Å². The number of hydrogen-bond acceptors (Lipinski definition) is 12. The van der Waals surface area contributed by atoms with Gasteiger partial charge in [0.2, 0.25) is 6.79 Å². The molecule has 14 nitrogen and oxygen atoms in total. The molecule has 4 heterocycles. The van der Waals surface area contributed by atoms with Crippen LogP contribution in [0.1, 0.15) is 27.0 Å². The predicted molar refractivity (Wildman–Crippen MR) is 116 cm³/mol. The van der Waals surface area contributed by atoms with Crippen molar-refractivity contribution in [3.8, 4) is 0 Å². The Kier molecular flexibility index (Phi) is 5.93. The van der Waals surface area contributed by atoms with Gasteiger partial charge in [0, 0.05) is 31.5 Å². The molecule has 1 fully saturated rings. The highest BCUT2D eigenvalue weighted by molar-refractivity contribution is 6.12. The number of hydrogen-bond donors (Lipinski definition) is 3. The van der Waals surface area contributed by atoms with E-state index >= 15 is 0 Å². The van der Waals surface area contributed by atoms with Crippen molar-refractivity contribution < 1.29 is 38.4 Å². The molecular weight excluding hydrogens is 454 g/mol. The number of esters is 2. The standard InChI is InChI=1S/C20H21N5O9/c1-9(26)32-8-33-19(29)23-12-4-14(28)24-16-15-11(12)5-25(17(15)22-7-21-16)18-20(3,30)13(6-31-18)34-10(2)27/h4-5,7,13,18,30H,6,8H2,1-3H3,(H,23,29)(H,21,22,24,28). The van der Waals surface area contributed by atoms with Gasteiger partial charge < -0.3 is 33.9 Å². The summed E-state index contributed by atoms with van der Waals surface area (Å²) in [6.45, 7) is 3.15. The molecule has 4 rings (SSSR count). The fourth-order valence-electron chi connectivity index (χ4n) is 3.73. The van der Waals surface area contributed by atoms with Crippen LogP contribution in [0.25, 0.3) is 10.8 Å². The lowest BCUT2D eigenvalue weighted by atomic mass is 10.00. The molecule has 2 aromatic heterocycles. The Morgan fingerprint density at radius 3 is 2.79 bits per heavy atom. The van der Waals surface area contributed by atoms with E-state index in [1.807, 2.05) is 0 Å². The van der Waals surface area contributed by atoms with Gasteiger partial charge in [-0.1, -0.05) is 0 Å². The van der Waals surface area contributed by atoms with Gasteiger partial charge in [-0.3, -0.25) is 19.7 Å². The molecule has 0 bridgehead atoms. The summed E-state index contributed by atoms with van der Waals surface area (Å²) in [6.07, 6.45) is -0.126. The van der Waals surface area contributed by atoms with Crippen LogP contribution in [0.15, 0.2) is 22.1 Å². The van der Waals surface area contributed by atoms with Crippen molar-refractivity contribution in [3.63, 3.8) is 0 Å². The highest BCUT2D eigenvalue weighted by Crippen LogP contribution is 2.44. The zero-order valence-corrected chi connectivity index (χ0v) is 18.4. The number of ether oxygens (including phenoxy) is 4. The molecule has 2 aliphatic rings. The normalized spacial score (nSPS) is 22.7. The first-order valence-corrected chi connectivity index (χ1v) is 10.0. The van der Waals surface area contributed by atoms with Gasteiger partial charge in [-0.15, -0.1) is 0 Å². The Hall–Kier alpha value is -4.04. The van der Waals surface area contributed by atoms with Crippen LogP contribution in [0.5, 0.6) is 0 Å². The third-order valence-corrected chi connectivity index (χ3v) is 5.22. The molecule has 0 saturated carbocycles. The van der Waals surface area contributed by atoms with E-state index in [1.54, 1.807) is 0 Å². The fourth-order valence-corrected chi connectivity index (χ4v) is 3.73. The number of carbonyl (C=O) groups is 3. The van der Waals surface area contributed by atoms with Gasteiger partial charge in [-0.2, -0.15) is 4.98 Å². The summed E-state index contributed by atoms with van der Waals surface area (Å²) in [6, 6.07) is 1.08. The lowest BCUT2D eigenvalue weighted by Crippen LogP contribution is -2.43. The highest BCUT2D eigenvalue weighted by atomic mass is 16.7. The van der Waals surface area contributed by atoms with Crippen molar-refractivity contribution >= 4 is 52.5 Å². The number of carbonyl (C=O) groups excluding carboxylic acids is 3. The molecule has 2 aliphatic heterocycles. The molecule has 2 aromatic rings. The van der Waals surface area contributed by atoms with Crippen LogP contribution in [0.4, 0.5) is 22.1 Å². The molecule has 14 heteroatoms. The number of aliphatic imine (C=N–C) groups is 1. The molecule has 1 amide bonds. The maximum atomic E-state index is 12.3. The number of aliphatic hydroxyl groups is 1. The fraction of sp³-hybridized carbons (Fsp3) is 0.400. The minimum Gasteiger partial charge on any atom is -0.457 e. The molecule has 3 atom stereocenters. The van der Waals surface area contributed by atoms with Crippen molar-refractivity contribution in [2.75, 3.05) is 24.0 Å². The summed E-state index contributed by atoms with van der Waals surface area (Å²) in [4.78, 5) is 55.1. The summed E-state index contributed by atoms with van der Waals surface area (Å²) < 4.78 is 21.8. The van der Waals surface area contributed by atoms with Crippen LogP contribution in [0.2, 0.25) is 0 Å². The smallest absolute Gasteiger partial charge is 0.414 e. The van der Waals surface area contributed by atoms with Crippen molar-refractivity contribution in [1.29, 1.82) is 0 Å². The van der Waals surface area contributed by atoms with Gasteiger partial charge in [0.15, 0.2) is 12.3 Å². The quantitative estimate of drug-likeness (QED) is 0.410. The monoisotopic (exact) mass is 475 g/mol. The Morgan fingerprint density at radius 1 is 1.32 bits per heavy atom. The minimum absolute atomic E-state index is 0.0275. The van der Waals surface area contributed by atoms with Gasteiger partial charge in [0.05, 0.1) is 24.0 Å². The van der Waals surface area contributed by atoms with Gasteiger partial charge in [0.1, 0.15) is 17.2 Å². The molecular formula is C20H21N5O9. The Balaban J connectivity index is 1.77. The maximum absolute atomic E-state index is 12.3. The average molecular weight is 475 g/mol. The van der Waals surface area contributed by atoms with E-state index in [4.69, 9.17) is 14.2 Å². The molecule has 0 spiro atoms. The first kappa shape index (κ1) is 23.1. The molecule has 34 heavy (non-hydrogen) atoms. The van der Waals surface area contributed by atoms with Gasteiger partial charge in [-0.25, -0.2) is 9.79 Å². The Labute approximate surface area is 191 Å². The van der Waals surface area contributed by atoms with E-state index in [2.05, 4.69) is 25.3 Å². The zero-order valence-electron chi connectivity index (χ0n) is 18.4. The number of aromatic nitrogens is 2. The summed E-state index contributed by atoms with van der Waals surface area (Å²) in [5.41, 5.74) is -2.27. The number of rotatable bonds is 5. The van der Waals surface area contributed by atoms with Gasteiger partial charge >= 0.3 is 18.0 Å². The van der Waals surface area contributed by atoms with E-state index in [0.29, 0.717) is 10.8 Å². The number of amides is 1. The molecule has 3 N–H and O–H groups in total. The minimum atomic E-state index is -1.63. The van der Waals surface area contributed by atoms with Crippen LogP contribution in [0, 0.1) is 0 Å². The first-order valence-electron chi connectivity index (χ1n) is 10.0. The summed E-state index contributed by atoms with van der Waals surface area (Å²) >= 11 is 0. The Morgan fingerprint density at radius 2 is 2.09 bits per heavy atom.